The van der Waals surface area contributed by atoms with Crippen LogP contribution >= 0.6 is 11.8 Å². The van der Waals surface area contributed by atoms with E-state index in [4.69, 9.17) is 9.47 Å². The first-order chi connectivity index (χ1) is 15.4. The number of nitrogens with zero attached hydrogens (tertiary/aromatic N) is 1. The number of para-hydroxylation sites is 3. The van der Waals surface area contributed by atoms with Crippen LogP contribution in [0.3, 0.4) is 0 Å². The molecule has 31 heavy (non-hydrogen) atoms. The molecular formula is C26H16BNO2S. The van der Waals surface area contributed by atoms with Crippen LogP contribution in [0.1, 0.15) is 0 Å². The summed E-state index contributed by atoms with van der Waals surface area (Å²) in [5, 5.41) is 0. The molecule has 0 bridgehead atoms. The van der Waals surface area contributed by atoms with Gasteiger partial charge in [-0.1, -0.05) is 71.8 Å². The van der Waals surface area contributed by atoms with Gasteiger partial charge in [0, 0.05) is 21.2 Å². The van der Waals surface area contributed by atoms with E-state index in [2.05, 4.69) is 71.6 Å². The SMILES string of the molecule is c1ccc(N2C3=C(Oc4ccccc4O3)B3c4ccccc4Sc4cccc2c43)cc1. The maximum Gasteiger partial charge on any atom is 0.299 e. The van der Waals surface area contributed by atoms with Crippen molar-refractivity contribution in [1.82, 2.24) is 0 Å². The highest BCUT2D eigenvalue weighted by molar-refractivity contribution is 8.00. The molecule has 3 aliphatic rings. The van der Waals surface area contributed by atoms with Crippen molar-refractivity contribution in [2.75, 3.05) is 4.90 Å². The van der Waals surface area contributed by atoms with Gasteiger partial charge in [0.2, 0.25) is 5.88 Å². The third-order valence-corrected chi connectivity index (χ3v) is 7.16. The number of rotatable bonds is 1. The summed E-state index contributed by atoms with van der Waals surface area (Å²) in [7, 11) is 0. The number of benzene rings is 4. The maximum absolute atomic E-state index is 6.60. The van der Waals surface area contributed by atoms with Gasteiger partial charge in [-0.15, -0.1) is 0 Å². The van der Waals surface area contributed by atoms with E-state index in [1.807, 2.05) is 42.1 Å². The first kappa shape index (κ1) is 17.1. The van der Waals surface area contributed by atoms with Crippen LogP contribution in [0.5, 0.6) is 11.5 Å². The average Bonchev–Trinajstić information content (AvgIpc) is 2.83. The van der Waals surface area contributed by atoms with E-state index < -0.39 is 0 Å². The lowest BCUT2D eigenvalue weighted by Gasteiger charge is -2.41. The van der Waals surface area contributed by atoms with Crippen LogP contribution in [0, 0.1) is 0 Å². The second-order valence-electron chi connectivity index (χ2n) is 7.75. The fourth-order valence-electron chi connectivity index (χ4n) is 4.68. The van der Waals surface area contributed by atoms with Crippen molar-refractivity contribution >= 4 is 40.8 Å². The molecule has 4 aromatic rings. The monoisotopic (exact) mass is 417 g/mol. The molecule has 0 amide bonds. The zero-order chi connectivity index (χ0) is 20.4. The van der Waals surface area contributed by atoms with Crippen molar-refractivity contribution in [3.05, 3.63) is 109 Å². The zero-order valence-electron chi connectivity index (χ0n) is 16.5. The van der Waals surface area contributed by atoms with E-state index in [0.29, 0.717) is 0 Å². The van der Waals surface area contributed by atoms with Gasteiger partial charge in [0.25, 0.3) is 6.71 Å². The molecule has 3 aliphatic heterocycles. The standard InChI is InChI=1S/C26H16BNO2S/c1-2-9-17(10-3-1)28-19-12-8-16-23-24(19)27(18-11-4-7-15-22(18)31-23)25-26(28)30-21-14-6-5-13-20(21)29-25/h1-16H. The highest BCUT2D eigenvalue weighted by Crippen LogP contribution is 2.45. The van der Waals surface area contributed by atoms with Gasteiger partial charge in [0.15, 0.2) is 11.5 Å². The van der Waals surface area contributed by atoms with Gasteiger partial charge in [0.1, 0.15) is 5.66 Å². The molecule has 3 nitrogen and oxygen atoms in total. The fraction of sp³-hybridized carbons (Fsp3) is 0. The van der Waals surface area contributed by atoms with Gasteiger partial charge in [-0.2, -0.15) is 0 Å². The van der Waals surface area contributed by atoms with Gasteiger partial charge in [0.05, 0.1) is 0 Å². The average molecular weight is 417 g/mol. The van der Waals surface area contributed by atoms with Crippen molar-refractivity contribution < 1.29 is 9.47 Å². The summed E-state index contributed by atoms with van der Waals surface area (Å²) in [4.78, 5) is 4.71. The zero-order valence-corrected chi connectivity index (χ0v) is 17.3. The molecular weight excluding hydrogens is 401 g/mol. The van der Waals surface area contributed by atoms with Crippen LogP contribution in [0.4, 0.5) is 11.4 Å². The molecule has 0 aliphatic carbocycles. The smallest absolute Gasteiger partial charge is 0.299 e. The molecule has 5 heteroatoms. The molecule has 0 spiro atoms. The van der Waals surface area contributed by atoms with Gasteiger partial charge in [-0.3, -0.25) is 4.90 Å². The third-order valence-electron chi connectivity index (χ3n) is 5.99. The first-order valence-electron chi connectivity index (χ1n) is 10.3. The predicted molar refractivity (Wildman–Crippen MR) is 125 cm³/mol. The number of fused-ring (bicyclic) bond motifs is 4. The van der Waals surface area contributed by atoms with Gasteiger partial charge >= 0.3 is 0 Å². The Morgan fingerprint density at radius 3 is 2.23 bits per heavy atom. The molecule has 0 unspecified atom stereocenters. The second kappa shape index (κ2) is 6.46. The van der Waals surface area contributed by atoms with Crippen LogP contribution in [0.15, 0.2) is 118 Å². The number of ether oxygens (including phenoxy) is 2. The van der Waals surface area contributed by atoms with E-state index in [0.717, 1.165) is 34.4 Å². The van der Waals surface area contributed by atoms with Crippen LogP contribution in [0.25, 0.3) is 0 Å². The van der Waals surface area contributed by atoms with Crippen LogP contribution in [-0.2, 0) is 0 Å². The lowest BCUT2D eigenvalue weighted by molar-refractivity contribution is 0.307. The number of hydrogen-bond donors (Lipinski definition) is 0. The number of hydrogen-bond acceptors (Lipinski definition) is 4. The van der Waals surface area contributed by atoms with E-state index in [1.54, 1.807) is 0 Å². The second-order valence-corrected chi connectivity index (χ2v) is 8.84. The van der Waals surface area contributed by atoms with Crippen molar-refractivity contribution in [2.45, 2.75) is 9.79 Å². The molecule has 0 atom stereocenters. The van der Waals surface area contributed by atoms with E-state index in [-0.39, 0.29) is 6.71 Å². The molecule has 0 aromatic heterocycles. The first-order valence-corrected chi connectivity index (χ1v) is 11.1. The molecule has 3 heterocycles. The Balaban J connectivity index is 1.54. The van der Waals surface area contributed by atoms with Crippen LogP contribution in [-0.4, -0.2) is 6.71 Å². The van der Waals surface area contributed by atoms with Crippen LogP contribution < -0.4 is 25.3 Å². The highest BCUT2D eigenvalue weighted by Gasteiger charge is 2.46. The molecule has 0 saturated carbocycles. The molecule has 0 saturated heterocycles. The lowest BCUT2D eigenvalue weighted by Crippen LogP contribution is -2.56. The summed E-state index contributed by atoms with van der Waals surface area (Å²) in [5.41, 5.74) is 5.56. The summed E-state index contributed by atoms with van der Waals surface area (Å²) < 4.78 is 13.1. The minimum absolute atomic E-state index is 0.00744. The topological polar surface area (TPSA) is 21.7 Å². The predicted octanol–water partition coefficient (Wildman–Crippen LogP) is 5.09. The van der Waals surface area contributed by atoms with E-state index in [1.165, 1.54) is 20.7 Å². The molecule has 0 radical (unpaired) electrons. The van der Waals surface area contributed by atoms with Gasteiger partial charge in [-0.05, 0) is 47.9 Å². The van der Waals surface area contributed by atoms with Gasteiger partial charge in [-0.25, -0.2) is 0 Å². The van der Waals surface area contributed by atoms with Crippen molar-refractivity contribution in [3.8, 4) is 11.5 Å². The molecule has 0 fully saturated rings. The molecule has 7 rings (SSSR count). The molecule has 0 N–H and O–H groups in total. The Morgan fingerprint density at radius 1 is 0.645 bits per heavy atom. The van der Waals surface area contributed by atoms with Crippen molar-refractivity contribution in [2.24, 2.45) is 0 Å². The van der Waals surface area contributed by atoms with Crippen molar-refractivity contribution in [3.63, 3.8) is 0 Å². The highest BCUT2D eigenvalue weighted by atomic mass is 32.2. The Hall–Kier alpha value is -3.57. The lowest BCUT2D eigenvalue weighted by atomic mass is 9.37. The number of anilines is 2. The Labute approximate surface area is 185 Å². The molecule has 4 aromatic carbocycles. The summed E-state index contributed by atoms with van der Waals surface area (Å²) >= 11 is 1.83. The normalized spacial score (nSPS) is 15.2. The fourth-order valence-corrected chi connectivity index (χ4v) is 5.85. The summed E-state index contributed by atoms with van der Waals surface area (Å²) in [6.07, 6.45) is 0. The quantitative estimate of drug-likeness (QED) is 0.402. The Bertz CT molecular complexity index is 1390. The van der Waals surface area contributed by atoms with Gasteiger partial charge < -0.3 is 9.47 Å². The maximum atomic E-state index is 6.60. The summed E-state index contributed by atoms with van der Waals surface area (Å²) in [6.45, 7) is -0.00744. The molecule has 146 valence electrons. The Morgan fingerprint density at radius 2 is 1.35 bits per heavy atom. The van der Waals surface area contributed by atoms with E-state index >= 15 is 0 Å². The van der Waals surface area contributed by atoms with Crippen molar-refractivity contribution in [1.29, 1.82) is 0 Å². The summed E-state index contributed by atoms with van der Waals surface area (Å²) in [6, 6.07) is 33.4. The minimum Gasteiger partial charge on any atom is -0.462 e. The summed E-state index contributed by atoms with van der Waals surface area (Å²) in [5.74, 6) is 2.23. The Kier molecular flexibility index (Phi) is 3.58. The third kappa shape index (κ3) is 2.44. The van der Waals surface area contributed by atoms with Crippen LogP contribution in [0.2, 0.25) is 0 Å². The largest absolute Gasteiger partial charge is 0.462 e. The van der Waals surface area contributed by atoms with E-state index in [9.17, 15) is 0 Å². The minimum atomic E-state index is -0.00744.